The van der Waals surface area contributed by atoms with Crippen LogP contribution < -0.4 is 19.5 Å². The third-order valence-electron chi connectivity index (χ3n) is 9.29. The van der Waals surface area contributed by atoms with Crippen LogP contribution in [0, 0.1) is 11.8 Å². The molecular formula is C40H59N2O15PS. The Kier molecular flexibility index (Phi) is 19.2. The quantitative estimate of drug-likeness (QED) is 0.0446. The number of ether oxygens (including phenoxy) is 7. The Bertz CT molecular complexity index is 1700. The van der Waals surface area contributed by atoms with E-state index in [0.29, 0.717) is 42.2 Å². The number of aliphatic hydroxyl groups is 1. The Balaban J connectivity index is 1.52. The zero-order chi connectivity index (χ0) is 43.1. The molecule has 19 heteroatoms. The molecule has 17 nitrogen and oxygen atoms in total. The van der Waals surface area contributed by atoms with Gasteiger partial charge >= 0.3 is 25.6 Å². The highest BCUT2D eigenvalue weighted by Gasteiger charge is 2.44. The van der Waals surface area contributed by atoms with Crippen molar-refractivity contribution in [2.45, 2.75) is 103 Å². The molecule has 0 radical (unpaired) electrons. The van der Waals surface area contributed by atoms with E-state index in [1.165, 1.54) is 27.0 Å². The first-order valence-corrected chi connectivity index (χ1v) is 22.7. The van der Waals surface area contributed by atoms with Crippen LogP contribution in [0.15, 0.2) is 47.4 Å². The first kappa shape index (κ1) is 48.2. The van der Waals surface area contributed by atoms with Gasteiger partial charge in [0, 0.05) is 19.5 Å². The van der Waals surface area contributed by atoms with Crippen LogP contribution in [0.2, 0.25) is 0 Å². The fourth-order valence-corrected chi connectivity index (χ4v) is 9.27. The molecule has 4 rings (SSSR count). The molecule has 8 atom stereocenters. The Morgan fingerprint density at radius 2 is 1.81 bits per heavy atom. The van der Waals surface area contributed by atoms with Crippen LogP contribution >= 0.6 is 7.60 Å². The molecular weight excluding hydrogens is 811 g/mol. The van der Waals surface area contributed by atoms with Crippen molar-refractivity contribution in [3.8, 4) is 17.2 Å². The van der Waals surface area contributed by atoms with Crippen molar-refractivity contribution in [2.24, 2.45) is 11.8 Å². The van der Waals surface area contributed by atoms with Crippen LogP contribution in [0.5, 0.6) is 17.2 Å². The zero-order valence-electron chi connectivity index (χ0n) is 34.8. The number of alkyl carbamates (subject to hydrolysis) is 1. The molecule has 0 saturated carbocycles. The van der Waals surface area contributed by atoms with Crippen LogP contribution in [0.3, 0.4) is 0 Å². The number of methoxy groups -OCH3 is 1. The molecule has 2 saturated heterocycles. The lowest BCUT2D eigenvalue weighted by molar-refractivity contribution is -0.151. The van der Waals surface area contributed by atoms with Crippen molar-refractivity contribution in [1.29, 1.82) is 0 Å². The molecule has 0 bridgehead atoms. The number of hydrogen-bond acceptors (Lipinski definition) is 16. The molecule has 1 amide bonds. The van der Waals surface area contributed by atoms with Gasteiger partial charge in [0.25, 0.3) is 0 Å². The minimum absolute atomic E-state index is 0.0244. The average molecular weight is 871 g/mol. The average Bonchev–Trinajstić information content (AvgIpc) is 3.82. The number of aliphatic hydroxyl groups excluding tert-OH is 1. The number of amides is 1. The second-order valence-corrected chi connectivity index (χ2v) is 18.0. The Hall–Kier alpha value is -3.45. The smallest absolute Gasteiger partial charge is 0.407 e. The molecule has 330 valence electrons. The SMILES string of the molecule is CCCCOP(=O)(COc1ccc(C[C@H](NC(=O)O[C@H]2CO[C@H]3OCC[C@H]32)[C@H](O)CN(CC(C)C)[S+]([O-])c2ccc(OC)c(OC(C)=O)c2)cc1)O[C@@H](C)C(=O)OCC. The minimum atomic E-state index is -3.89. The predicted molar refractivity (Wildman–Crippen MR) is 215 cm³/mol. The summed E-state index contributed by atoms with van der Waals surface area (Å²) in [5.41, 5.74) is 0.683. The Morgan fingerprint density at radius 1 is 1.07 bits per heavy atom. The van der Waals surface area contributed by atoms with Crippen LogP contribution in [0.4, 0.5) is 4.79 Å². The summed E-state index contributed by atoms with van der Waals surface area (Å²) in [6.45, 7) is 11.3. The van der Waals surface area contributed by atoms with Gasteiger partial charge in [0.2, 0.25) is 0 Å². The first-order valence-electron chi connectivity index (χ1n) is 19.9. The maximum Gasteiger partial charge on any atom is 0.407 e. The molecule has 0 aliphatic carbocycles. The standard InChI is InChI=1S/C40H59N2O15PS/c1-8-10-18-54-58(47,57-27(5)38(45)50-9-2)25-53-30-13-11-29(12-14-30)20-33(41-40(46)56-37-24-52-39-32(37)17-19-51-39)34(44)23-42(22-26(3)4)59(48)31-15-16-35(49-7)36(21-31)55-28(6)43/h11-16,21,26-27,32-34,37,39,44H,8-10,17-20,22-25H2,1-7H3,(H,41,46)/t27-,32-,33-,34+,37-,39+,58?,59?/m0/s1. The second-order valence-electron chi connectivity index (χ2n) is 14.6. The maximum absolute atomic E-state index is 14.1. The van der Waals surface area contributed by atoms with Crippen molar-refractivity contribution >= 4 is 37.0 Å². The minimum Gasteiger partial charge on any atom is -0.593 e. The highest BCUT2D eigenvalue weighted by molar-refractivity contribution is 7.89. The topological polar surface area (TPSA) is 210 Å². The van der Waals surface area contributed by atoms with Gasteiger partial charge in [0.1, 0.15) is 11.9 Å². The number of benzene rings is 2. The zero-order valence-corrected chi connectivity index (χ0v) is 36.5. The summed E-state index contributed by atoms with van der Waals surface area (Å²) in [5.74, 6) is -0.624. The molecule has 2 aliphatic rings. The van der Waals surface area contributed by atoms with Gasteiger partial charge in [-0.3, -0.25) is 13.9 Å². The largest absolute Gasteiger partial charge is 0.593 e. The summed E-state index contributed by atoms with van der Waals surface area (Å²) >= 11 is -1.84. The van der Waals surface area contributed by atoms with Crippen molar-refractivity contribution in [1.82, 2.24) is 9.62 Å². The number of fused-ring (bicyclic) bond motifs is 1. The van der Waals surface area contributed by atoms with E-state index in [2.05, 4.69) is 5.32 Å². The van der Waals surface area contributed by atoms with E-state index in [1.54, 1.807) is 47.6 Å². The number of rotatable bonds is 24. The Labute approximate surface area is 349 Å². The van der Waals surface area contributed by atoms with Crippen molar-refractivity contribution in [3.63, 3.8) is 0 Å². The van der Waals surface area contributed by atoms with Gasteiger partial charge < -0.3 is 52.7 Å². The number of esters is 2. The van der Waals surface area contributed by atoms with E-state index in [0.717, 1.165) is 6.42 Å². The van der Waals surface area contributed by atoms with E-state index >= 15 is 0 Å². The fourth-order valence-electron chi connectivity index (χ4n) is 6.37. The Morgan fingerprint density at radius 3 is 2.47 bits per heavy atom. The molecule has 2 unspecified atom stereocenters. The van der Waals surface area contributed by atoms with E-state index in [9.17, 15) is 28.6 Å². The summed E-state index contributed by atoms with van der Waals surface area (Å²) in [4.78, 5) is 37.7. The van der Waals surface area contributed by atoms with Crippen molar-refractivity contribution < 1.29 is 70.8 Å². The summed E-state index contributed by atoms with van der Waals surface area (Å²) < 4.78 is 78.8. The molecule has 0 aromatic heterocycles. The van der Waals surface area contributed by atoms with Gasteiger partial charge in [-0.1, -0.05) is 39.3 Å². The molecule has 2 aromatic rings. The van der Waals surface area contributed by atoms with Crippen LogP contribution in [0.1, 0.15) is 66.4 Å². The number of hydrogen-bond donors (Lipinski definition) is 2. The van der Waals surface area contributed by atoms with Crippen LogP contribution in [0.25, 0.3) is 0 Å². The van der Waals surface area contributed by atoms with Gasteiger partial charge in [-0.25, -0.2) is 9.59 Å². The molecule has 2 aliphatic heterocycles. The van der Waals surface area contributed by atoms with Crippen molar-refractivity contribution in [2.75, 3.05) is 53.0 Å². The summed E-state index contributed by atoms with van der Waals surface area (Å²) in [5, 5.41) is 14.7. The summed E-state index contributed by atoms with van der Waals surface area (Å²) in [6.07, 6.45) is -2.39. The molecule has 59 heavy (non-hydrogen) atoms. The van der Waals surface area contributed by atoms with Gasteiger partial charge in [0.15, 0.2) is 35.1 Å². The lowest BCUT2D eigenvalue weighted by Gasteiger charge is -2.31. The molecule has 2 heterocycles. The highest BCUT2D eigenvalue weighted by atomic mass is 32.2. The lowest BCUT2D eigenvalue weighted by atomic mass is 10.0. The number of nitrogens with zero attached hydrogens (tertiary/aromatic N) is 1. The van der Waals surface area contributed by atoms with Gasteiger partial charge in [-0.2, -0.15) is 0 Å². The van der Waals surface area contributed by atoms with E-state index in [4.69, 9.17) is 42.2 Å². The van der Waals surface area contributed by atoms with Crippen molar-refractivity contribution in [3.05, 3.63) is 48.0 Å². The second kappa shape index (κ2) is 23.5. The monoisotopic (exact) mass is 870 g/mol. The highest BCUT2D eigenvalue weighted by Crippen LogP contribution is 2.49. The molecule has 2 fully saturated rings. The third-order valence-corrected chi connectivity index (χ3v) is 12.4. The van der Waals surface area contributed by atoms with E-state index in [-0.39, 0.29) is 56.1 Å². The number of carbonyl (C=O) groups is 3. The maximum atomic E-state index is 14.1. The lowest BCUT2D eigenvalue weighted by Crippen LogP contribution is -2.51. The molecule has 2 aromatic carbocycles. The predicted octanol–water partition coefficient (Wildman–Crippen LogP) is 5.38. The molecule has 2 N–H and O–H groups in total. The van der Waals surface area contributed by atoms with Gasteiger partial charge in [-0.15, -0.1) is 4.31 Å². The number of unbranched alkanes of at least 4 members (excludes halogenated alkanes) is 1. The molecule has 0 spiro atoms. The van der Waals surface area contributed by atoms with Crippen LogP contribution in [-0.4, -0.2) is 116 Å². The summed E-state index contributed by atoms with van der Waals surface area (Å²) in [6, 6.07) is 10.4. The first-order chi connectivity index (χ1) is 28.1. The van der Waals surface area contributed by atoms with Gasteiger partial charge in [0.05, 0.1) is 69.5 Å². The number of nitrogens with one attached hydrogen (secondary N) is 1. The normalized spacial score (nSPS) is 20.6. The fraction of sp³-hybridized carbons (Fsp3) is 0.625. The van der Waals surface area contributed by atoms with Crippen LogP contribution in [-0.2, 0) is 59.9 Å². The number of carbonyl (C=O) groups excluding carboxylic acids is 3. The summed E-state index contributed by atoms with van der Waals surface area (Å²) in [7, 11) is -2.47. The third kappa shape index (κ3) is 14.9. The van der Waals surface area contributed by atoms with Gasteiger partial charge in [-0.05, 0) is 68.9 Å². The van der Waals surface area contributed by atoms with E-state index in [1.807, 2.05) is 20.8 Å². The van der Waals surface area contributed by atoms with E-state index < -0.39 is 74.0 Å².